The normalized spacial score (nSPS) is 34.1. The van der Waals surface area contributed by atoms with E-state index in [9.17, 15) is 0 Å². The maximum absolute atomic E-state index is 3.46. The van der Waals surface area contributed by atoms with Crippen LogP contribution in [-0.4, -0.2) is 62.2 Å². The maximum Gasteiger partial charge on any atom is 0.0194 e. The van der Waals surface area contributed by atoms with Crippen LogP contribution in [-0.2, 0) is 0 Å². The minimum absolute atomic E-state index is 0.738. The number of likely N-dealkylation sites (N-methyl/N-ethyl adjacent to an activating group) is 1. The quantitative estimate of drug-likeness (QED) is 0.773. The Balaban J connectivity index is 1.74. The molecule has 0 bridgehead atoms. The summed E-state index contributed by atoms with van der Waals surface area (Å²) < 4.78 is 0. The van der Waals surface area contributed by atoms with Gasteiger partial charge in [0, 0.05) is 12.6 Å². The van der Waals surface area contributed by atoms with Gasteiger partial charge in [-0.3, -0.25) is 4.90 Å². The molecule has 0 amide bonds. The highest BCUT2D eigenvalue weighted by molar-refractivity contribution is 4.78. The van der Waals surface area contributed by atoms with Crippen LogP contribution in [0.2, 0.25) is 0 Å². The second-order valence-electron chi connectivity index (χ2n) is 5.65. The Morgan fingerprint density at radius 3 is 2.94 bits per heavy atom. The zero-order valence-corrected chi connectivity index (χ0v) is 10.9. The fourth-order valence-electron chi connectivity index (χ4n) is 3.06. The first-order chi connectivity index (χ1) is 7.75. The molecule has 0 aliphatic carbocycles. The minimum atomic E-state index is 0.738. The average molecular weight is 225 g/mol. The zero-order chi connectivity index (χ0) is 11.4. The molecule has 3 heteroatoms. The van der Waals surface area contributed by atoms with Gasteiger partial charge in [0.1, 0.15) is 0 Å². The first-order valence-electron chi connectivity index (χ1n) is 6.89. The molecule has 1 N–H and O–H groups in total. The molecule has 94 valence electrons. The van der Waals surface area contributed by atoms with Gasteiger partial charge in [0.25, 0.3) is 0 Å². The van der Waals surface area contributed by atoms with Crippen molar-refractivity contribution in [3.63, 3.8) is 0 Å². The maximum atomic E-state index is 3.46. The largest absolute Gasteiger partial charge is 0.316 e. The standard InChI is InChI=1S/C13H27N3/c1-12-11-15(2)7-3-8-16(12)9-5-13-4-6-14-10-13/h12-14H,3-11H2,1-2H3. The molecule has 2 fully saturated rings. The van der Waals surface area contributed by atoms with Crippen molar-refractivity contribution in [2.45, 2.75) is 32.2 Å². The molecule has 2 heterocycles. The number of nitrogens with zero attached hydrogens (tertiary/aromatic N) is 2. The van der Waals surface area contributed by atoms with Crippen molar-refractivity contribution in [2.75, 3.05) is 46.3 Å². The number of nitrogens with one attached hydrogen (secondary N) is 1. The van der Waals surface area contributed by atoms with E-state index in [-0.39, 0.29) is 0 Å². The van der Waals surface area contributed by atoms with E-state index in [1.54, 1.807) is 0 Å². The molecular weight excluding hydrogens is 198 g/mol. The van der Waals surface area contributed by atoms with E-state index in [1.807, 2.05) is 0 Å². The lowest BCUT2D eigenvalue weighted by atomic mass is 10.0. The van der Waals surface area contributed by atoms with E-state index in [0.717, 1.165) is 12.0 Å². The molecule has 2 saturated heterocycles. The molecular formula is C13H27N3. The van der Waals surface area contributed by atoms with E-state index < -0.39 is 0 Å². The van der Waals surface area contributed by atoms with E-state index >= 15 is 0 Å². The number of hydrogen-bond acceptors (Lipinski definition) is 3. The lowest BCUT2D eigenvalue weighted by Gasteiger charge is -2.28. The molecule has 2 aliphatic heterocycles. The summed E-state index contributed by atoms with van der Waals surface area (Å²) in [5.74, 6) is 0.938. The minimum Gasteiger partial charge on any atom is -0.316 e. The summed E-state index contributed by atoms with van der Waals surface area (Å²) >= 11 is 0. The highest BCUT2D eigenvalue weighted by atomic mass is 15.2. The van der Waals surface area contributed by atoms with Gasteiger partial charge in [-0.1, -0.05) is 0 Å². The van der Waals surface area contributed by atoms with Gasteiger partial charge in [0.2, 0.25) is 0 Å². The lowest BCUT2D eigenvalue weighted by Crippen LogP contribution is -2.39. The van der Waals surface area contributed by atoms with Gasteiger partial charge in [-0.25, -0.2) is 0 Å². The molecule has 0 radical (unpaired) electrons. The number of hydrogen-bond donors (Lipinski definition) is 1. The average Bonchev–Trinajstić information content (AvgIpc) is 2.70. The molecule has 0 aromatic rings. The Kier molecular flexibility index (Phi) is 4.62. The SMILES string of the molecule is CC1CN(C)CCCN1CCC1CCNC1. The summed E-state index contributed by atoms with van der Waals surface area (Å²) in [6.45, 7) is 9.99. The van der Waals surface area contributed by atoms with E-state index in [0.29, 0.717) is 0 Å². The Morgan fingerprint density at radius 2 is 2.19 bits per heavy atom. The summed E-state index contributed by atoms with van der Waals surface area (Å²) in [5, 5.41) is 3.46. The Bertz CT molecular complexity index is 201. The van der Waals surface area contributed by atoms with Crippen molar-refractivity contribution in [1.29, 1.82) is 0 Å². The van der Waals surface area contributed by atoms with Crippen LogP contribution in [0.4, 0.5) is 0 Å². The van der Waals surface area contributed by atoms with E-state index in [1.165, 1.54) is 58.5 Å². The van der Waals surface area contributed by atoms with Gasteiger partial charge in [0.15, 0.2) is 0 Å². The van der Waals surface area contributed by atoms with Gasteiger partial charge in [-0.15, -0.1) is 0 Å². The molecule has 0 spiro atoms. The fourth-order valence-corrected chi connectivity index (χ4v) is 3.06. The second kappa shape index (κ2) is 5.99. The van der Waals surface area contributed by atoms with E-state index in [2.05, 4.69) is 29.1 Å². The van der Waals surface area contributed by atoms with Gasteiger partial charge in [-0.05, 0) is 71.9 Å². The molecule has 0 aromatic heterocycles. The summed E-state index contributed by atoms with van der Waals surface area (Å²) in [6, 6.07) is 0.738. The third kappa shape index (κ3) is 3.44. The van der Waals surface area contributed by atoms with Crippen LogP contribution < -0.4 is 5.32 Å². The lowest BCUT2D eigenvalue weighted by molar-refractivity contribution is 0.191. The van der Waals surface area contributed by atoms with Crippen LogP contribution in [0.5, 0.6) is 0 Å². The van der Waals surface area contributed by atoms with Crippen molar-refractivity contribution < 1.29 is 0 Å². The highest BCUT2D eigenvalue weighted by Gasteiger charge is 2.21. The van der Waals surface area contributed by atoms with Crippen LogP contribution in [0, 0.1) is 5.92 Å². The molecule has 16 heavy (non-hydrogen) atoms. The topological polar surface area (TPSA) is 18.5 Å². The van der Waals surface area contributed by atoms with Crippen LogP contribution >= 0.6 is 0 Å². The van der Waals surface area contributed by atoms with Gasteiger partial charge in [0.05, 0.1) is 0 Å². The van der Waals surface area contributed by atoms with Crippen LogP contribution in [0.25, 0.3) is 0 Å². The summed E-state index contributed by atoms with van der Waals surface area (Å²) in [6.07, 6.45) is 4.12. The molecule has 0 saturated carbocycles. The number of rotatable bonds is 3. The third-order valence-electron chi connectivity index (χ3n) is 4.17. The molecule has 2 atom stereocenters. The summed E-state index contributed by atoms with van der Waals surface area (Å²) in [7, 11) is 2.25. The molecule has 0 aromatic carbocycles. The first kappa shape index (κ1) is 12.3. The van der Waals surface area contributed by atoms with Gasteiger partial charge in [-0.2, -0.15) is 0 Å². The summed E-state index contributed by atoms with van der Waals surface area (Å²) in [5.41, 5.74) is 0. The van der Waals surface area contributed by atoms with Crippen molar-refractivity contribution in [1.82, 2.24) is 15.1 Å². The van der Waals surface area contributed by atoms with Crippen molar-refractivity contribution in [3.05, 3.63) is 0 Å². The van der Waals surface area contributed by atoms with Crippen LogP contribution in [0.1, 0.15) is 26.2 Å². The van der Waals surface area contributed by atoms with Crippen molar-refractivity contribution >= 4 is 0 Å². The summed E-state index contributed by atoms with van der Waals surface area (Å²) in [4.78, 5) is 5.17. The van der Waals surface area contributed by atoms with Gasteiger partial charge >= 0.3 is 0 Å². The van der Waals surface area contributed by atoms with Crippen LogP contribution in [0.15, 0.2) is 0 Å². The zero-order valence-electron chi connectivity index (χ0n) is 10.9. The predicted octanol–water partition coefficient (Wildman–Crippen LogP) is 1.01. The highest BCUT2D eigenvalue weighted by Crippen LogP contribution is 2.15. The Morgan fingerprint density at radius 1 is 1.31 bits per heavy atom. The first-order valence-corrected chi connectivity index (χ1v) is 6.89. The smallest absolute Gasteiger partial charge is 0.0194 e. The predicted molar refractivity (Wildman–Crippen MR) is 68.7 cm³/mol. The molecule has 2 rings (SSSR count). The van der Waals surface area contributed by atoms with Crippen molar-refractivity contribution in [3.8, 4) is 0 Å². The monoisotopic (exact) mass is 225 g/mol. The van der Waals surface area contributed by atoms with Gasteiger partial charge < -0.3 is 10.2 Å². The third-order valence-corrected chi connectivity index (χ3v) is 4.17. The molecule has 2 aliphatic rings. The van der Waals surface area contributed by atoms with Crippen LogP contribution in [0.3, 0.4) is 0 Å². The second-order valence-corrected chi connectivity index (χ2v) is 5.65. The van der Waals surface area contributed by atoms with E-state index in [4.69, 9.17) is 0 Å². The Hall–Kier alpha value is -0.120. The Labute approximate surface area is 100 Å². The fraction of sp³-hybridized carbons (Fsp3) is 1.00. The molecule has 2 unspecified atom stereocenters. The van der Waals surface area contributed by atoms with Crippen molar-refractivity contribution in [2.24, 2.45) is 5.92 Å². The molecule has 3 nitrogen and oxygen atoms in total.